The van der Waals surface area contributed by atoms with E-state index in [4.69, 9.17) is 0 Å². The van der Waals surface area contributed by atoms with E-state index in [9.17, 15) is 9.18 Å². The Morgan fingerprint density at radius 2 is 2.07 bits per heavy atom. The van der Waals surface area contributed by atoms with Crippen LogP contribution in [0.1, 0.15) is 22.8 Å². The molecule has 0 aliphatic rings. The molecule has 0 aliphatic carbocycles. The van der Waals surface area contributed by atoms with E-state index in [-0.39, 0.29) is 11.5 Å². The lowest BCUT2D eigenvalue weighted by Gasteiger charge is -2.11. The van der Waals surface area contributed by atoms with Crippen LogP contribution in [0.3, 0.4) is 0 Å². The maximum Gasteiger partial charge on any atom is 0.256 e. The summed E-state index contributed by atoms with van der Waals surface area (Å²) >= 11 is 0. The molecule has 0 aliphatic heterocycles. The van der Waals surface area contributed by atoms with Crippen LogP contribution in [0.2, 0.25) is 0 Å². The highest BCUT2D eigenvalue weighted by Crippen LogP contribution is 2.12. The second-order valence-electron chi connectivity index (χ2n) is 3.37. The molecule has 0 saturated carbocycles. The summed E-state index contributed by atoms with van der Waals surface area (Å²) in [4.78, 5) is 12.9. The van der Waals surface area contributed by atoms with Gasteiger partial charge in [0, 0.05) is 14.1 Å². The normalized spacial score (nSPS) is 10.0. The van der Waals surface area contributed by atoms with Gasteiger partial charge in [-0.25, -0.2) is 4.39 Å². The molecule has 0 heterocycles. The van der Waals surface area contributed by atoms with E-state index in [1.54, 1.807) is 26.2 Å². The van der Waals surface area contributed by atoms with Crippen molar-refractivity contribution < 1.29 is 9.18 Å². The van der Waals surface area contributed by atoms with Crippen LogP contribution in [-0.4, -0.2) is 24.9 Å². The molecule has 2 nitrogen and oxygen atoms in total. The summed E-state index contributed by atoms with van der Waals surface area (Å²) in [5.74, 6) is -0.751. The van der Waals surface area contributed by atoms with E-state index < -0.39 is 5.82 Å². The van der Waals surface area contributed by atoms with Gasteiger partial charge in [0.1, 0.15) is 5.82 Å². The fraction of sp³-hybridized carbons (Fsp3) is 0.364. The molecule has 0 radical (unpaired) electrons. The van der Waals surface area contributed by atoms with E-state index >= 15 is 0 Å². The predicted octanol–water partition coefficient (Wildman–Crippen LogP) is 2.09. The summed E-state index contributed by atoms with van der Waals surface area (Å²) in [7, 11) is 3.22. The average Bonchev–Trinajstić information content (AvgIpc) is 2.17. The monoisotopic (exact) mass is 195 g/mol. The minimum atomic E-state index is -0.457. The standard InChI is InChI=1S/C11H14FNO/c1-4-8-5-6-10(12)9(7-8)11(14)13(2)3/h5-7H,4H2,1-3H3. The first-order chi connectivity index (χ1) is 6.56. The lowest BCUT2D eigenvalue weighted by Crippen LogP contribution is -2.22. The van der Waals surface area contributed by atoms with Gasteiger partial charge in [0.05, 0.1) is 5.56 Å². The Hall–Kier alpha value is -1.38. The van der Waals surface area contributed by atoms with E-state index in [1.165, 1.54) is 11.0 Å². The van der Waals surface area contributed by atoms with Crippen LogP contribution >= 0.6 is 0 Å². The largest absolute Gasteiger partial charge is 0.345 e. The summed E-state index contributed by atoms with van der Waals surface area (Å²) < 4.78 is 13.3. The smallest absolute Gasteiger partial charge is 0.256 e. The van der Waals surface area contributed by atoms with Crippen molar-refractivity contribution >= 4 is 5.91 Å². The third kappa shape index (κ3) is 2.10. The molecule has 1 aromatic carbocycles. The second-order valence-corrected chi connectivity index (χ2v) is 3.37. The van der Waals surface area contributed by atoms with Crippen LogP contribution in [0.25, 0.3) is 0 Å². The number of rotatable bonds is 2. The molecule has 1 amide bonds. The molecule has 76 valence electrons. The summed E-state index contributed by atoms with van der Waals surface area (Å²) in [5, 5.41) is 0. The molecular formula is C11H14FNO. The van der Waals surface area contributed by atoms with Crippen molar-refractivity contribution in [3.8, 4) is 0 Å². The Bertz CT molecular complexity index is 347. The Morgan fingerprint density at radius 3 is 2.57 bits per heavy atom. The average molecular weight is 195 g/mol. The first-order valence-corrected chi connectivity index (χ1v) is 4.56. The molecular weight excluding hydrogens is 181 g/mol. The zero-order valence-electron chi connectivity index (χ0n) is 8.67. The highest BCUT2D eigenvalue weighted by Gasteiger charge is 2.13. The molecule has 3 heteroatoms. The number of aryl methyl sites for hydroxylation is 1. The van der Waals surface area contributed by atoms with Gasteiger partial charge >= 0.3 is 0 Å². The van der Waals surface area contributed by atoms with Gasteiger partial charge in [0.25, 0.3) is 5.91 Å². The number of carbonyl (C=O) groups excluding carboxylic acids is 1. The highest BCUT2D eigenvalue weighted by atomic mass is 19.1. The molecule has 1 rings (SSSR count). The van der Waals surface area contributed by atoms with Crippen molar-refractivity contribution in [2.24, 2.45) is 0 Å². The Labute approximate surface area is 83.3 Å². The number of nitrogens with zero attached hydrogens (tertiary/aromatic N) is 1. The number of benzene rings is 1. The van der Waals surface area contributed by atoms with Gasteiger partial charge in [-0.1, -0.05) is 13.0 Å². The number of amides is 1. The molecule has 0 unspecified atom stereocenters. The Kier molecular flexibility index (Phi) is 3.23. The van der Waals surface area contributed by atoms with Gasteiger partial charge in [-0.15, -0.1) is 0 Å². The predicted molar refractivity (Wildman–Crippen MR) is 53.8 cm³/mol. The first-order valence-electron chi connectivity index (χ1n) is 4.56. The summed E-state index contributed by atoms with van der Waals surface area (Å²) in [5.41, 5.74) is 1.12. The number of carbonyl (C=O) groups is 1. The van der Waals surface area contributed by atoms with Gasteiger partial charge in [0.15, 0.2) is 0 Å². The second kappa shape index (κ2) is 4.22. The Morgan fingerprint density at radius 1 is 1.43 bits per heavy atom. The quantitative estimate of drug-likeness (QED) is 0.707. The molecule has 1 aromatic rings. The van der Waals surface area contributed by atoms with E-state index in [2.05, 4.69) is 0 Å². The van der Waals surface area contributed by atoms with Gasteiger partial charge < -0.3 is 4.90 Å². The molecule has 0 bridgehead atoms. The SMILES string of the molecule is CCc1ccc(F)c(C(=O)N(C)C)c1. The third-order valence-corrected chi connectivity index (χ3v) is 2.08. The van der Waals surface area contributed by atoms with Crippen molar-refractivity contribution in [1.82, 2.24) is 4.90 Å². The van der Waals surface area contributed by atoms with Crippen LogP contribution < -0.4 is 0 Å². The topological polar surface area (TPSA) is 20.3 Å². The van der Waals surface area contributed by atoms with Crippen LogP contribution in [0.4, 0.5) is 4.39 Å². The summed E-state index contributed by atoms with van der Waals surface area (Å²) in [6.45, 7) is 1.97. The minimum absolute atomic E-state index is 0.148. The summed E-state index contributed by atoms with van der Waals surface area (Å²) in [6.07, 6.45) is 0.800. The van der Waals surface area contributed by atoms with Crippen molar-refractivity contribution in [3.05, 3.63) is 35.1 Å². The van der Waals surface area contributed by atoms with Crippen LogP contribution in [0.5, 0.6) is 0 Å². The molecule has 14 heavy (non-hydrogen) atoms. The van der Waals surface area contributed by atoms with Gasteiger partial charge in [-0.3, -0.25) is 4.79 Å². The van der Waals surface area contributed by atoms with E-state index in [0.717, 1.165) is 12.0 Å². The van der Waals surface area contributed by atoms with Crippen LogP contribution in [0, 0.1) is 5.82 Å². The van der Waals surface area contributed by atoms with Crippen molar-refractivity contribution in [2.45, 2.75) is 13.3 Å². The molecule has 0 saturated heterocycles. The maximum atomic E-state index is 13.3. The van der Waals surface area contributed by atoms with Crippen molar-refractivity contribution in [3.63, 3.8) is 0 Å². The molecule has 0 aromatic heterocycles. The highest BCUT2D eigenvalue weighted by molar-refractivity contribution is 5.94. The van der Waals surface area contributed by atoms with Gasteiger partial charge in [-0.2, -0.15) is 0 Å². The number of hydrogen-bond acceptors (Lipinski definition) is 1. The zero-order valence-corrected chi connectivity index (χ0v) is 8.67. The third-order valence-electron chi connectivity index (χ3n) is 2.08. The zero-order chi connectivity index (χ0) is 10.7. The van der Waals surface area contributed by atoms with Crippen molar-refractivity contribution in [1.29, 1.82) is 0 Å². The van der Waals surface area contributed by atoms with Gasteiger partial charge in [0.2, 0.25) is 0 Å². The lowest BCUT2D eigenvalue weighted by atomic mass is 10.1. The fourth-order valence-corrected chi connectivity index (χ4v) is 1.20. The number of hydrogen-bond donors (Lipinski definition) is 0. The molecule has 0 N–H and O–H groups in total. The Balaban J connectivity index is 3.12. The molecule has 0 atom stereocenters. The lowest BCUT2D eigenvalue weighted by molar-refractivity contribution is 0.0823. The van der Waals surface area contributed by atoms with Gasteiger partial charge in [-0.05, 0) is 24.1 Å². The maximum absolute atomic E-state index is 13.3. The molecule has 0 fully saturated rings. The minimum Gasteiger partial charge on any atom is -0.345 e. The first kappa shape index (κ1) is 10.7. The van der Waals surface area contributed by atoms with Crippen LogP contribution in [0.15, 0.2) is 18.2 Å². The molecule has 0 spiro atoms. The summed E-state index contributed by atoms with van der Waals surface area (Å²) in [6, 6.07) is 4.65. The van der Waals surface area contributed by atoms with E-state index in [1.807, 2.05) is 6.92 Å². The van der Waals surface area contributed by atoms with Crippen LogP contribution in [-0.2, 0) is 6.42 Å². The van der Waals surface area contributed by atoms with E-state index in [0.29, 0.717) is 0 Å². The fourth-order valence-electron chi connectivity index (χ4n) is 1.20. The number of halogens is 1. The van der Waals surface area contributed by atoms with Crippen molar-refractivity contribution in [2.75, 3.05) is 14.1 Å².